The molecule has 0 spiro atoms. The van der Waals surface area contributed by atoms with Crippen molar-refractivity contribution in [1.29, 1.82) is 0 Å². The Morgan fingerprint density at radius 3 is 2.38 bits per heavy atom. The number of hydrogen-bond acceptors (Lipinski definition) is 4. The maximum absolute atomic E-state index is 5.61. The van der Waals surface area contributed by atoms with Gasteiger partial charge in [-0.15, -0.1) is 6.42 Å². The van der Waals surface area contributed by atoms with E-state index in [0.29, 0.717) is 13.1 Å². The lowest BCUT2D eigenvalue weighted by Crippen LogP contribution is -2.58. The molecule has 0 rings (SSSR count). The molecule has 0 saturated heterocycles. The molecule has 13 heavy (non-hydrogen) atoms. The highest BCUT2D eigenvalue weighted by Crippen LogP contribution is 2.11. The molecule has 0 fully saturated rings. The fraction of sp³-hybridized carbons (Fsp3) is 0.778. The zero-order chi connectivity index (χ0) is 10.3. The number of rotatable bonds is 6. The quantitative estimate of drug-likeness (QED) is 0.435. The van der Waals surface area contributed by atoms with Crippen molar-refractivity contribution < 1.29 is 9.47 Å². The van der Waals surface area contributed by atoms with E-state index in [2.05, 4.69) is 11.2 Å². The van der Waals surface area contributed by atoms with Crippen LogP contribution in [0.4, 0.5) is 0 Å². The summed E-state index contributed by atoms with van der Waals surface area (Å²) in [5, 5.41) is 3.09. The Balaban J connectivity index is 4.32. The molecule has 76 valence electrons. The van der Waals surface area contributed by atoms with Crippen LogP contribution in [-0.4, -0.2) is 39.1 Å². The lowest BCUT2D eigenvalue weighted by molar-refractivity contribution is -0.148. The van der Waals surface area contributed by atoms with Crippen molar-refractivity contribution >= 4 is 0 Å². The van der Waals surface area contributed by atoms with Crippen molar-refractivity contribution in [2.75, 3.05) is 27.3 Å². The summed E-state index contributed by atoms with van der Waals surface area (Å²) < 4.78 is 10.2. The predicted octanol–water partition coefficient (Wildman–Crippen LogP) is -0.454. The molecule has 0 amide bonds. The van der Waals surface area contributed by atoms with Gasteiger partial charge in [0.05, 0.1) is 12.1 Å². The predicted molar refractivity (Wildman–Crippen MR) is 52.1 cm³/mol. The average Bonchev–Trinajstić information content (AvgIpc) is 2.16. The van der Waals surface area contributed by atoms with Crippen LogP contribution < -0.4 is 11.1 Å². The van der Waals surface area contributed by atoms with Crippen molar-refractivity contribution in [3.05, 3.63) is 0 Å². The SMILES string of the molecule is C#CCNC(C)(CN)C(OC)OC. The Labute approximate surface area is 79.8 Å². The fourth-order valence-corrected chi connectivity index (χ4v) is 1.12. The number of ether oxygens (including phenoxy) is 2. The molecular weight excluding hydrogens is 168 g/mol. The van der Waals surface area contributed by atoms with E-state index in [4.69, 9.17) is 21.6 Å². The van der Waals surface area contributed by atoms with Crippen molar-refractivity contribution in [2.24, 2.45) is 5.73 Å². The zero-order valence-corrected chi connectivity index (χ0v) is 8.46. The van der Waals surface area contributed by atoms with E-state index in [-0.39, 0.29) is 0 Å². The van der Waals surface area contributed by atoms with Crippen molar-refractivity contribution in [3.63, 3.8) is 0 Å². The second-order valence-electron chi connectivity index (χ2n) is 2.98. The Morgan fingerprint density at radius 2 is 2.08 bits per heavy atom. The van der Waals surface area contributed by atoms with Gasteiger partial charge < -0.3 is 15.2 Å². The first-order valence-electron chi connectivity index (χ1n) is 4.08. The van der Waals surface area contributed by atoms with Crippen LogP contribution in [-0.2, 0) is 9.47 Å². The number of hydrogen-bond donors (Lipinski definition) is 2. The van der Waals surface area contributed by atoms with E-state index in [1.807, 2.05) is 6.92 Å². The Hall–Kier alpha value is -0.600. The summed E-state index contributed by atoms with van der Waals surface area (Å²) in [6.07, 6.45) is 4.74. The minimum Gasteiger partial charge on any atom is -0.354 e. The van der Waals surface area contributed by atoms with Crippen LogP contribution in [0.1, 0.15) is 6.92 Å². The van der Waals surface area contributed by atoms with Crippen LogP contribution >= 0.6 is 0 Å². The van der Waals surface area contributed by atoms with E-state index in [1.54, 1.807) is 14.2 Å². The van der Waals surface area contributed by atoms with E-state index < -0.39 is 11.8 Å². The number of methoxy groups -OCH3 is 2. The van der Waals surface area contributed by atoms with Gasteiger partial charge in [-0.05, 0) is 6.92 Å². The van der Waals surface area contributed by atoms with E-state index in [1.165, 1.54) is 0 Å². The van der Waals surface area contributed by atoms with Gasteiger partial charge in [-0.25, -0.2) is 0 Å². The smallest absolute Gasteiger partial charge is 0.175 e. The lowest BCUT2D eigenvalue weighted by atomic mass is 10.0. The van der Waals surface area contributed by atoms with Gasteiger partial charge in [-0.3, -0.25) is 5.32 Å². The molecule has 0 saturated carbocycles. The molecule has 4 nitrogen and oxygen atoms in total. The molecule has 0 aliphatic carbocycles. The normalized spacial score (nSPS) is 15.4. The van der Waals surface area contributed by atoms with Crippen LogP contribution in [0.25, 0.3) is 0 Å². The van der Waals surface area contributed by atoms with E-state index in [9.17, 15) is 0 Å². The van der Waals surface area contributed by atoms with Gasteiger partial charge in [0.15, 0.2) is 6.29 Å². The Kier molecular flexibility index (Phi) is 5.67. The highest BCUT2D eigenvalue weighted by molar-refractivity contribution is 4.95. The number of terminal acetylenes is 1. The number of nitrogens with one attached hydrogen (secondary N) is 1. The molecular formula is C9H18N2O2. The van der Waals surface area contributed by atoms with E-state index >= 15 is 0 Å². The third-order valence-corrected chi connectivity index (χ3v) is 1.97. The summed E-state index contributed by atoms with van der Waals surface area (Å²) in [6.45, 7) is 2.74. The van der Waals surface area contributed by atoms with Crippen LogP contribution in [0.3, 0.4) is 0 Å². The molecule has 0 heterocycles. The highest BCUT2D eigenvalue weighted by Gasteiger charge is 2.32. The van der Waals surface area contributed by atoms with Gasteiger partial charge in [0.25, 0.3) is 0 Å². The number of nitrogens with two attached hydrogens (primary N) is 1. The summed E-state index contributed by atoms with van der Waals surface area (Å²) in [5.74, 6) is 2.48. The molecule has 3 N–H and O–H groups in total. The minimum atomic E-state index is -0.449. The van der Waals surface area contributed by atoms with Crippen molar-refractivity contribution in [1.82, 2.24) is 5.32 Å². The first-order chi connectivity index (χ1) is 6.14. The first-order valence-corrected chi connectivity index (χ1v) is 4.08. The fourth-order valence-electron chi connectivity index (χ4n) is 1.12. The molecule has 0 bridgehead atoms. The van der Waals surface area contributed by atoms with E-state index in [0.717, 1.165) is 0 Å². The Bertz CT molecular complexity index is 175. The molecule has 4 heteroatoms. The minimum absolute atomic E-state index is 0.390. The highest BCUT2D eigenvalue weighted by atomic mass is 16.7. The van der Waals surface area contributed by atoms with Gasteiger partial charge in [-0.1, -0.05) is 5.92 Å². The second-order valence-corrected chi connectivity index (χ2v) is 2.98. The van der Waals surface area contributed by atoms with Gasteiger partial charge in [0.2, 0.25) is 0 Å². The summed E-state index contributed by atoms with van der Waals surface area (Å²) >= 11 is 0. The van der Waals surface area contributed by atoms with Crippen LogP contribution in [0.2, 0.25) is 0 Å². The molecule has 0 aromatic heterocycles. The van der Waals surface area contributed by atoms with Crippen LogP contribution in [0.15, 0.2) is 0 Å². The van der Waals surface area contributed by atoms with Gasteiger partial charge in [0, 0.05) is 20.8 Å². The van der Waals surface area contributed by atoms with Crippen molar-refractivity contribution in [3.8, 4) is 12.3 Å². The van der Waals surface area contributed by atoms with Crippen LogP contribution in [0.5, 0.6) is 0 Å². The van der Waals surface area contributed by atoms with Gasteiger partial charge in [0.1, 0.15) is 0 Å². The van der Waals surface area contributed by atoms with Crippen LogP contribution in [0, 0.1) is 12.3 Å². The standard InChI is InChI=1S/C9H18N2O2/c1-5-6-11-9(2,7-10)8(12-3)13-4/h1,8,11H,6-7,10H2,2-4H3. The summed E-state index contributed by atoms with van der Waals surface area (Å²) in [5.41, 5.74) is 5.16. The van der Waals surface area contributed by atoms with Crippen molar-refractivity contribution in [2.45, 2.75) is 18.8 Å². The Morgan fingerprint density at radius 1 is 1.54 bits per heavy atom. The van der Waals surface area contributed by atoms with Gasteiger partial charge >= 0.3 is 0 Å². The molecule has 1 unspecified atom stereocenters. The first kappa shape index (κ1) is 12.4. The average molecular weight is 186 g/mol. The summed E-state index contributed by atoms with van der Waals surface area (Å²) in [7, 11) is 3.14. The maximum Gasteiger partial charge on any atom is 0.175 e. The summed E-state index contributed by atoms with van der Waals surface area (Å²) in [6, 6.07) is 0. The molecule has 0 radical (unpaired) electrons. The molecule has 0 aromatic carbocycles. The third-order valence-electron chi connectivity index (χ3n) is 1.97. The van der Waals surface area contributed by atoms with Gasteiger partial charge in [-0.2, -0.15) is 0 Å². The molecule has 0 aromatic rings. The molecule has 0 aliphatic heterocycles. The topological polar surface area (TPSA) is 56.5 Å². The molecule has 0 aliphatic rings. The third kappa shape index (κ3) is 3.33. The molecule has 1 atom stereocenters. The zero-order valence-electron chi connectivity index (χ0n) is 8.46. The largest absolute Gasteiger partial charge is 0.354 e. The summed E-state index contributed by atoms with van der Waals surface area (Å²) in [4.78, 5) is 0. The lowest BCUT2D eigenvalue weighted by Gasteiger charge is -2.34. The maximum atomic E-state index is 5.61. The monoisotopic (exact) mass is 186 g/mol. The second kappa shape index (κ2) is 5.95.